The summed E-state index contributed by atoms with van der Waals surface area (Å²) in [6.07, 6.45) is 4.49. The standard InChI is InChI=1S/C16H21N3O2/c1-19(14-8-12-6-7-13(9-14)18-12)16(21)11-4-2-10(3-5-11)15(17)20/h2-5,12-14,18H,6-9H2,1H3,(H2,17,20). The Hall–Kier alpha value is -1.88. The van der Waals surface area contributed by atoms with Gasteiger partial charge in [-0.15, -0.1) is 0 Å². The third-order valence-electron chi connectivity index (χ3n) is 4.73. The number of carbonyl (C=O) groups is 2. The van der Waals surface area contributed by atoms with E-state index in [1.807, 2.05) is 11.9 Å². The number of benzene rings is 1. The smallest absolute Gasteiger partial charge is 0.253 e. The maximum absolute atomic E-state index is 12.5. The summed E-state index contributed by atoms with van der Waals surface area (Å²) in [5.41, 5.74) is 6.24. The number of primary amides is 1. The Morgan fingerprint density at radius 2 is 1.62 bits per heavy atom. The molecule has 21 heavy (non-hydrogen) atoms. The lowest BCUT2D eigenvalue weighted by molar-refractivity contribution is 0.0681. The van der Waals surface area contributed by atoms with Gasteiger partial charge in [-0.25, -0.2) is 0 Å². The minimum absolute atomic E-state index is 0.0114. The summed E-state index contributed by atoms with van der Waals surface area (Å²) < 4.78 is 0. The van der Waals surface area contributed by atoms with E-state index in [4.69, 9.17) is 5.73 Å². The van der Waals surface area contributed by atoms with Crippen molar-refractivity contribution in [3.8, 4) is 0 Å². The Balaban J connectivity index is 1.70. The molecule has 2 heterocycles. The molecule has 0 spiro atoms. The second kappa shape index (κ2) is 5.48. The Morgan fingerprint density at radius 3 is 2.14 bits per heavy atom. The summed E-state index contributed by atoms with van der Waals surface area (Å²) in [5.74, 6) is -0.463. The van der Waals surface area contributed by atoms with Crippen LogP contribution in [0.1, 0.15) is 46.4 Å². The first-order chi connectivity index (χ1) is 10.0. The predicted octanol–water partition coefficient (Wildman–Crippen LogP) is 1.14. The number of nitrogens with one attached hydrogen (secondary N) is 1. The van der Waals surface area contributed by atoms with Gasteiger partial charge in [0.2, 0.25) is 5.91 Å². The van der Waals surface area contributed by atoms with E-state index >= 15 is 0 Å². The van der Waals surface area contributed by atoms with Crippen LogP contribution >= 0.6 is 0 Å². The van der Waals surface area contributed by atoms with Gasteiger partial charge in [-0.05, 0) is 49.9 Å². The molecule has 2 amide bonds. The monoisotopic (exact) mass is 287 g/mol. The van der Waals surface area contributed by atoms with Crippen molar-refractivity contribution in [3.63, 3.8) is 0 Å². The van der Waals surface area contributed by atoms with Crippen LogP contribution in [0.4, 0.5) is 0 Å². The largest absolute Gasteiger partial charge is 0.366 e. The van der Waals surface area contributed by atoms with Crippen LogP contribution in [0.3, 0.4) is 0 Å². The number of amides is 2. The number of nitrogens with two attached hydrogens (primary N) is 1. The van der Waals surface area contributed by atoms with Crippen molar-refractivity contribution >= 4 is 11.8 Å². The zero-order chi connectivity index (χ0) is 15.0. The van der Waals surface area contributed by atoms with Gasteiger partial charge >= 0.3 is 0 Å². The van der Waals surface area contributed by atoms with Gasteiger partial charge < -0.3 is 16.0 Å². The van der Waals surface area contributed by atoms with Crippen LogP contribution in [-0.4, -0.2) is 41.9 Å². The SMILES string of the molecule is CN(C(=O)c1ccc(C(N)=O)cc1)C1CC2CCC(C1)N2. The van der Waals surface area contributed by atoms with Gasteiger partial charge in [-0.3, -0.25) is 9.59 Å². The third kappa shape index (κ3) is 2.78. The lowest BCUT2D eigenvalue weighted by Crippen LogP contribution is -2.48. The molecule has 1 aromatic carbocycles. The van der Waals surface area contributed by atoms with Crippen LogP contribution in [0.15, 0.2) is 24.3 Å². The van der Waals surface area contributed by atoms with Gasteiger partial charge in [-0.2, -0.15) is 0 Å². The summed E-state index contributed by atoms with van der Waals surface area (Å²) in [5, 5.41) is 3.58. The summed E-state index contributed by atoms with van der Waals surface area (Å²) in [4.78, 5) is 25.5. The van der Waals surface area contributed by atoms with Crippen LogP contribution in [-0.2, 0) is 0 Å². The van der Waals surface area contributed by atoms with E-state index < -0.39 is 5.91 Å². The molecule has 2 unspecified atom stereocenters. The summed E-state index contributed by atoms with van der Waals surface area (Å²) >= 11 is 0. The number of piperidine rings is 1. The van der Waals surface area contributed by atoms with Crippen molar-refractivity contribution in [1.82, 2.24) is 10.2 Å². The average molecular weight is 287 g/mol. The van der Waals surface area contributed by atoms with Crippen molar-refractivity contribution in [1.29, 1.82) is 0 Å². The van der Waals surface area contributed by atoms with E-state index in [-0.39, 0.29) is 5.91 Å². The van der Waals surface area contributed by atoms with Crippen molar-refractivity contribution in [2.24, 2.45) is 5.73 Å². The van der Waals surface area contributed by atoms with Crippen LogP contribution in [0.5, 0.6) is 0 Å². The highest BCUT2D eigenvalue weighted by molar-refractivity contribution is 5.97. The molecule has 2 saturated heterocycles. The molecule has 0 radical (unpaired) electrons. The van der Waals surface area contributed by atoms with Crippen molar-refractivity contribution in [2.45, 2.75) is 43.8 Å². The van der Waals surface area contributed by atoms with Crippen LogP contribution in [0, 0.1) is 0 Å². The van der Waals surface area contributed by atoms with Gasteiger partial charge in [0.1, 0.15) is 0 Å². The molecule has 1 aromatic rings. The molecule has 3 N–H and O–H groups in total. The van der Waals surface area contributed by atoms with E-state index in [0.29, 0.717) is 29.3 Å². The number of hydrogen-bond acceptors (Lipinski definition) is 3. The molecular weight excluding hydrogens is 266 g/mol. The topological polar surface area (TPSA) is 75.4 Å². The molecular formula is C16H21N3O2. The Bertz CT molecular complexity index is 543. The predicted molar refractivity (Wildman–Crippen MR) is 80.0 cm³/mol. The molecule has 0 saturated carbocycles. The summed E-state index contributed by atoms with van der Waals surface area (Å²) in [7, 11) is 1.87. The van der Waals surface area contributed by atoms with Crippen LogP contribution < -0.4 is 11.1 Å². The second-order valence-electron chi connectivity index (χ2n) is 6.12. The highest BCUT2D eigenvalue weighted by Crippen LogP contribution is 2.29. The molecule has 2 bridgehead atoms. The Morgan fingerprint density at radius 1 is 1.10 bits per heavy atom. The minimum Gasteiger partial charge on any atom is -0.366 e. The minimum atomic E-state index is -0.475. The highest BCUT2D eigenvalue weighted by atomic mass is 16.2. The fraction of sp³-hybridized carbons (Fsp3) is 0.500. The fourth-order valence-corrected chi connectivity index (χ4v) is 3.49. The molecule has 112 valence electrons. The first-order valence-corrected chi connectivity index (χ1v) is 7.47. The quantitative estimate of drug-likeness (QED) is 0.875. The Labute approximate surface area is 124 Å². The van der Waals surface area contributed by atoms with E-state index in [0.717, 1.165) is 12.8 Å². The molecule has 2 fully saturated rings. The van der Waals surface area contributed by atoms with Gasteiger partial charge in [0, 0.05) is 36.3 Å². The zero-order valence-electron chi connectivity index (χ0n) is 12.2. The normalized spacial score (nSPS) is 27.4. The lowest BCUT2D eigenvalue weighted by atomic mass is 9.98. The Kier molecular flexibility index (Phi) is 3.68. The first kappa shape index (κ1) is 14.1. The average Bonchev–Trinajstić information content (AvgIpc) is 2.84. The number of carbonyl (C=O) groups excluding carboxylic acids is 2. The number of rotatable bonds is 3. The number of fused-ring (bicyclic) bond motifs is 2. The van der Waals surface area contributed by atoms with Crippen molar-refractivity contribution < 1.29 is 9.59 Å². The van der Waals surface area contributed by atoms with E-state index in [2.05, 4.69) is 5.32 Å². The molecule has 2 atom stereocenters. The van der Waals surface area contributed by atoms with Crippen molar-refractivity contribution in [2.75, 3.05) is 7.05 Å². The van der Waals surface area contributed by atoms with E-state index in [1.54, 1.807) is 24.3 Å². The third-order valence-corrected chi connectivity index (χ3v) is 4.73. The van der Waals surface area contributed by atoms with Crippen molar-refractivity contribution in [3.05, 3.63) is 35.4 Å². The maximum Gasteiger partial charge on any atom is 0.253 e. The molecule has 5 nitrogen and oxygen atoms in total. The highest BCUT2D eigenvalue weighted by Gasteiger charge is 2.36. The molecule has 5 heteroatoms. The van der Waals surface area contributed by atoms with E-state index in [1.165, 1.54) is 12.8 Å². The van der Waals surface area contributed by atoms with Gasteiger partial charge in [-0.1, -0.05) is 0 Å². The number of hydrogen-bond donors (Lipinski definition) is 2. The summed E-state index contributed by atoms with van der Waals surface area (Å²) in [6, 6.07) is 7.98. The van der Waals surface area contributed by atoms with E-state index in [9.17, 15) is 9.59 Å². The molecule has 0 aromatic heterocycles. The van der Waals surface area contributed by atoms with Gasteiger partial charge in [0.15, 0.2) is 0 Å². The first-order valence-electron chi connectivity index (χ1n) is 7.47. The van der Waals surface area contributed by atoms with Gasteiger partial charge in [0.25, 0.3) is 5.91 Å². The molecule has 2 aliphatic heterocycles. The maximum atomic E-state index is 12.5. The molecule has 2 aliphatic rings. The molecule has 3 rings (SSSR count). The fourth-order valence-electron chi connectivity index (χ4n) is 3.49. The van der Waals surface area contributed by atoms with Gasteiger partial charge in [0.05, 0.1) is 0 Å². The zero-order valence-corrected chi connectivity index (χ0v) is 12.2. The second-order valence-corrected chi connectivity index (χ2v) is 6.12. The number of nitrogens with zero attached hydrogens (tertiary/aromatic N) is 1. The lowest BCUT2D eigenvalue weighted by Gasteiger charge is -2.35. The van der Waals surface area contributed by atoms with Crippen LogP contribution in [0.2, 0.25) is 0 Å². The van der Waals surface area contributed by atoms with Crippen LogP contribution in [0.25, 0.3) is 0 Å². The molecule has 0 aliphatic carbocycles. The summed E-state index contributed by atoms with van der Waals surface area (Å²) in [6.45, 7) is 0.